The number of carboxylic acid groups (broad SMARTS) is 1. The van der Waals surface area contributed by atoms with E-state index in [-0.39, 0.29) is 12.2 Å². The van der Waals surface area contributed by atoms with E-state index in [9.17, 15) is 9.90 Å². The van der Waals surface area contributed by atoms with Crippen molar-refractivity contribution in [3.63, 3.8) is 0 Å². The van der Waals surface area contributed by atoms with E-state index < -0.39 is 5.97 Å². The maximum atomic E-state index is 10.5. The van der Waals surface area contributed by atoms with Crippen molar-refractivity contribution < 1.29 is 19.7 Å². The molecule has 128 valence electrons. The summed E-state index contributed by atoms with van der Waals surface area (Å²) >= 11 is 0. The van der Waals surface area contributed by atoms with Crippen LogP contribution in [-0.2, 0) is 4.79 Å². The van der Waals surface area contributed by atoms with Crippen LogP contribution >= 0.6 is 0 Å². The molecule has 0 fully saturated rings. The fourth-order valence-corrected chi connectivity index (χ4v) is 2.52. The molecular weight excluding hydrogens is 320 g/mol. The van der Waals surface area contributed by atoms with Gasteiger partial charge in [-0.1, -0.05) is 18.2 Å². The second kappa shape index (κ2) is 7.17. The molecule has 0 spiro atoms. The maximum Gasteiger partial charge on any atom is 0.303 e. The van der Waals surface area contributed by atoms with E-state index in [1.165, 1.54) is 0 Å². The van der Waals surface area contributed by atoms with Gasteiger partial charge in [0.25, 0.3) is 0 Å². The van der Waals surface area contributed by atoms with Gasteiger partial charge in [-0.05, 0) is 42.3 Å². The lowest BCUT2D eigenvalue weighted by molar-refractivity contribution is -0.137. The Morgan fingerprint density at radius 3 is 2.64 bits per heavy atom. The Kier molecular flexibility index (Phi) is 4.79. The molecule has 2 aromatic carbocycles. The first-order valence-corrected chi connectivity index (χ1v) is 7.95. The number of carboxylic acids is 1. The normalized spacial score (nSPS) is 10.8. The van der Waals surface area contributed by atoms with E-state index in [1.54, 1.807) is 18.2 Å². The zero-order valence-corrected chi connectivity index (χ0v) is 13.8. The third kappa shape index (κ3) is 4.23. The van der Waals surface area contributed by atoms with Crippen LogP contribution < -0.4 is 4.74 Å². The number of hydrogen-bond acceptors (Lipinski definition) is 5. The van der Waals surface area contributed by atoms with Gasteiger partial charge in [0.05, 0.1) is 6.61 Å². The molecule has 0 amide bonds. The first-order chi connectivity index (χ1) is 12.0. The van der Waals surface area contributed by atoms with Gasteiger partial charge in [0.1, 0.15) is 5.75 Å². The molecule has 0 aliphatic heterocycles. The number of benzene rings is 2. The molecule has 1 aromatic heterocycles. The molecule has 0 bridgehead atoms. The van der Waals surface area contributed by atoms with Crippen LogP contribution in [0.1, 0.15) is 18.5 Å². The van der Waals surface area contributed by atoms with Crippen LogP contribution in [0, 0.1) is 6.92 Å². The van der Waals surface area contributed by atoms with Gasteiger partial charge >= 0.3 is 5.97 Å². The van der Waals surface area contributed by atoms with Gasteiger partial charge in [0.15, 0.2) is 5.82 Å². The van der Waals surface area contributed by atoms with Gasteiger partial charge in [-0.25, -0.2) is 4.98 Å². The Morgan fingerprint density at radius 2 is 1.84 bits per heavy atom. The molecule has 2 N–H and O–H groups in total. The van der Waals surface area contributed by atoms with E-state index >= 15 is 0 Å². The third-order valence-electron chi connectivity index (χ3n) is 3.70. The van der Waals surface area contributed by atoms with Gasteiger partial charge in [0, 0.05) is 23.7 Å². The number of carbonyl (C=O) groups is 1. The third-order valence-corrected chi connectivity index (χ3v) is 3.70. The molecule has 6 nitrogen and oxygen atoms in total. The number of nitrogens with zero attached hydrogens (tertiary/aromatic N) is 2. The van der Waals surface area contributed by atoms with Gasteiger partial charge in [-0.3, -0.25) is 4.79 Å². The summed E-state index contributed by atoms with van der Waals surface area (Å²) in [5.41, 5.74) is 1.61. The molecule has 0 radical (unpaired) electrons. The Hall–Kier alpha value is -3.15. The maximum absolute atomic E-state index is 10.5. The Labute approximate surface area is 144 Å². The standard InChI is InChI=1S/C19H18N2O4/c1-12-9-17(25-8-2-3-18(23)24)21-19(20-12)15-5-4-14-11-16(22)7-6-13(14)10-15/h4-7,9-11,22H,2-3,8H2,1H3,(H,23,24). The van der Waals surface area contributed by atoms with E-state index in [4.69, 9.17) is 9.84 Å². The highest BCUT2D eigenvalue weighted by molar-refractivity contribution is 5.87. The summed E-state index contributed by atoms with van der Waals surface area (Å²) in [4.78, 5) is 19.4. The summed E-state index contributed by atoms with van der Waals surface area (Å²) in [5, 5.41) is 20.1. The number of aryl methyl sites for hydroxylation is 1. The number of fused-ring (bicyclic) bond motifs is 1. The summed E-state index contributed by atoms with van der Waals surface area (Å²) in [5.74, 6) is 0.358. The molecule has 0 unspecified atom stereocenters. The van der Waals surface area contributed by atoms with Crippen molar-refractivity contribution in [3.05, 3.63) is 48.2 Å². The van der Waals surface area contributed by atoms with E-state index in [0.717, 1.165) is 22.0 Å². The summed E-state index contributed by atoms with van der Waals surface area (Å²) in [6.07, 6.45) is 0.488. The van der Waals surface area contributed by atoms with Crippen molar-refractivity contribution in [3.8, 4) is 23.0 Å². The molecular formula is C19H18N2O4. The van der Waals surface area contributed by atoms with E-state index in [1.807, 2.05) is 31.2 Å². The van der Waals surface area contributed by atoms with Crippen LogP contribution in [0.5, 0.6) is 11.6 Å². The van der Waals surface area contributed by atoms with E-state index in [2.05, 4.69) is 9.97 Å². The van der Waals surface area contributed by atoms with Gasteiger partial charge in [0.2, 0.25) is 5.88 Å². The van der Waals surface area contributed by atoms with Crippen molar-refractivity contribution in [1.82, 2.24) is 9.97 Å². The predicted molar refractivity (Wildman–Crippen MR) is 93.7 cm³/mol. The summed E-state index contributed by atoms with van der Waals surface area (Å²) in [7, 11) is 0. The van der Waals surface area contributed by atoms with Crippen molar-refractivity contribution in [2.45, 2.75) is 19.8 Å². The minimum absolute atomic E-state index is 0.0639. The summed E-state index contributed by atoms with van der Waals surface area (Å²) < 4.78 is 5.56. The van der Waals surface area contributed by atoms with E-state index in [0.29, 0.717) is 24.7 Å². The van der Waals surface area contributed by atoms with Gasteiger partial charge in [-0.15, -0.1) is 0 Å². The number of aliphatic carboxylic acids is 1. The number of phenols is 1. The largest absolute Gasteiger partial charge is 0.508 e. The Balaban J connectivity index is 1.84. The Morgan fingerprint density at radius 1 is 1.08 bits per heavy atom. The Bertz CT molecular complexity index is 924. The highest BCUT2D eigenvalue weighted by Crippen LogP contribution is 2.26. The average molecular weight is 338 g/mol. The first kappa shape index (κ1) is 16.7. The lowest BCUT2D eigenvalue weighted by Crippen LogP contribution is -2.04. The zero-order chi connectivity index (χ0) is 17.8. The van der Waals surface area contributed by atoms with Crippen LogP contribution in [0.25, 0.3) is 22.2 Å². The second-order valence-electron chi connectivity index (χ2n) is 5.76. The van der Waals surface area contributed by atoms with Crippen molar-refractivity contribution in [2.75, 3.05) is 6.61 Å². The molecule has 0 aliphatic rings. The van der Waals surface area contributed by atoms with Crippen LogP contribution in [0.2, 0.25) is 0 Å². The number of ether oxygens (including phenoxy) is 1. The summed E-state index contributed by atoms with van der Waals surface area (Å²) in [6, 6.07) is 12.7. The smallest absolute Gasteiger partial charge is 0.303 e. The highest BCUT2D eigenvalue weighted by Gasteiger charge is 2.08. The number of aromatic hydroxyl groups is 1. The molecule has 0 saturated heterocycles. The molecule has 3 aromatic rings. The minimum atomic E-state index is -0.842. The van der Waals surface area contributed by atoms with Crippen molar-refractivity contribution >= 4 is 16.7 Å². The lowest BCUT2D eigenvalue weighted by atomic mass is 10.1. The average Bonchev–Trinajstić information content (AvgIpc) is 2.57. The highest BCUT2D eigenvalue weighted by atomic mass is 16.5. The van der Waals surface area contributed by atoms with Crippen LogP contribution in [0.4, 0.5) is 0 Å². The summed E-state index contributed by atoms with van der Waals surface area (Å²) in [6.45, 7) is 2.15. The molecule has 6 heteroatoms. The van der Waals surface area contributed by atoms with Crippen LogP contribution in [0.3, 0.4) is 0 Å². The quantitative estimate of drug-likeness (QED) is 0.668. The monoisotopic (exact) mass is 338 g/mol. The molecule has 3 rings (SSSR count). The molecule has 25 heavy (non-hydrogen) atoms. The topological polar surface area (TPSA) is 92.5 Å². The fourth-order valence-electron chi connectivity index (χ4n) is 2.52. The molecule has 1 heterocycles. The fraction of sp³-hybridized carbons (Fsp3) is 0.211. The molecule has 0 aliphatic carbocycles. The first-order valence-electron chi connectivity index (χ1n) is 7.95. The number of hydrogen-bond donors (Lipinski definition) is 2. The van der Waals surface area contributed by atoms with Crippen LogP contribution in [0.15, 0.2) is 42.5 Å². The van der Waals surface area contributed by atoms with Crippen molar-refractivity contribution in [2.24, 2.45) is 0 Å². The second-order valence-corrected chi connectivity index (χ2v) is 5.76. The molecule has 0 atom stereocenters. The zero-order valence-electron chi connectivity index (χ0n) is 13.8. The predicted octanol–water partition coefficient (Wildman–Crippen LogP) is 3.55. The number of rotatable bonds is 6. The number of aromatic nitrogens is 2. The minimum Gasteiger partial charge on any atom is -0.508 e. The van der Waals surface area contributed by atoms with Crippen molar-refractivity contribution in [1.29, 1.82) is 0 Å². The lowest BCUT2D eigenvalue weighted by Gasteiger charge is -2.08. The number of phenolic OH excluding ortho intramolecular Hbond substituents is 1. The van der Waals surface area contributed by atoms with Gasteiger partial charge < -0.3 is 14.9 Å². The van der Waals surface area contributed by atoms with Gasteiger partial charge in [-0.2, -0.15) is 4.98 Å². The SMILES string of the molecule is Cc1cc(OCCCC(=O)O)nc(-c2ccc3cc(O)ccc3c2)n1. The van der Waals surface area contributed by atoms with Crippen LogP contribution in [-0.4, -0.2) is 32.8 Å². The molecule has 0 saturated carbocycles.